The minimum atomic E-state index is -2.07. The number of rotatable bonds is 21. The van der Waals surface area contributed by atoms with Gasteiger partial charge < -0.3 is 14.2 Å². The Morgan fingerprint density at radius 2 is 1.11 bits per heavy atom. The molecular formula is C44H72Ar2B4Cl3N7O17P2S2. The molecule has 37 heteroatoms. The smallest absolute Gasteiger partial charge is 0 e. The monoisotopic (exact) mass is 1330 g/mol. The van der Waals surface area contributed by atoms with Crippen LogP contribution in [-0.4, -0.2) is 175 Å². The maximum Gasteiger partial charge on any atom is 0 e. The van der Waals surface area contributed by atoms with E-state index in [1.54, 1.807) is 13.8 Å². The van der Waals surface area contributed by atoms with Crippen molar-refractivity contribution >= 4 is 135 Å². The van der Waals surface area contributed by atoms with Gasteiger partial charge in [-0.1, -0.05) is 53.8 Å². The zero-order valence-electron chi connectivity index (χ0n) is 46.7. The second-order valence-electron chi connectivity index (χ2n) is 19.4. The number of esters is 4. The molecule has 81 heavy (non-hydrogen) atoms. The Morgan fingerprint density at radius 1 is 0.667 bits per heavy atom. The fourth-order valence-electron chi connectivity index (χ4n) is 9.11. The van der Waals surface area contributed by atoms with E-state index in [4.69, 9.17) is 93.1 Å². The van der Waals surface area contributed by atoms with Gasteiger partial charge in [-0.25, -0.2) is 0 Å². The van der Waals surface area contributed by atoms with Crippen molar-refractivity contribution in [2.24, 2.45) is 45.7 Å². The van der Waals surface area contributed by atoms with Crippen molar-refractivity contribution in [1.82, 2.24) is 0 Å². The van der Waals surface area contributed by atoms with Crippen LogP contribution in [0.3, 0.4) is 0 Å². The number of aliphatic hydroxyl groups is 1. The van der Waals surface area contributed by atoms with Gasteiger partial charge in [0.2, 0.25) is 12.2 Å². The number of ether oxygens (including phenoxy) is 10. The molecule has 13 unspecified atom stereocenters. The van der Waals surface area contributed by atoms with Gasteiger partial charge in [-0.2, -0.15) is 0 Å². The van der Waals surface area contributed by atoms with Crippen LogP contribution in [0.1, 0.15) is 95.9 Å². The van der Waals surface area contributed by atoms with Crippen LogP contribution < -0.4 is 0 Å². The molecule has 0 saturated carbocycles. The summed E-state index contributed by atoms with van der Waals surface area (Å²) in [5.74, 6) is -2.90. The summed E-state index contributed by atoms with van der Waals surface area (Å²) >= 11 is 25.7. The number of hydrogen-bond acceptors (Lipinski definition) is 22. The van der Waals surface area contributed by atoms with Crippen molar-refractivity contribution in [1.29, 1.82) is 5.41 Å². The molecule has 4 aliphatic heterocycles. The molecule has 4 heterocycles. The quantitative estimate of drug-likeness (QED) is 0.00762. The molecule has 24 nitrogen and oxygen atoms in total. The van der Waals surface area contributed by atoms with Crippen molar-refractivity contribution in [3.8, 4) is 0 Å². The zero-order chi connectivity index (χ0) is 60.1. The van der Waals surface area contributed by atoms with E-state index in [9.17, 15) is 39.2 Å². The number of carbonyl (C=O) groups is 4. The van der Waals surface area contributed by atoms with Gasteiger partial charge in [-0.15, -0.1) is 0 Å². The van der Waals surface area contributed by atoms with Crippen LogP contribution in [0, 0.1) is 116 Å². The van der Waals surface area contributed by atoms with Crippen LogP contribution >= 0.6 is 77.0 Å². The summed E-state index contributed by atoms with van der Waals surface area (Å²) < 4.78 is 75.8. The molecule has 4 fully saturated rings. The average Bonchev–Trinajstić information content (AvgIpc) is 3.38. The number of carbonyl (C=O) groups excluding carboxylic acids is 4. The number of nitrogens with one attached hydrogen (secondary N) is 1. The predicted octanol–water partition coefficient (Wildman–Crippen LogP) is 7.07. The van der Waals surface area contributed by atoms with E-state index >= 15 is 0 Å². The van der Waals surface area contributed by atoms with E-state index in [1.165, 1.54) is 13.8 Å². The summed E-state index contributed by atoms with van der Waals surface area (Å²) in [5.41, 5.74) is 17.1. The Hall–Kier alpha value is 0.539. The standard InChI is InChI=1S/C22H35B2N3O10PS.C12H17Cl3N4O4.C10H20B2O3PS.2Ar/c1-7-9(2)16-20(38-24-23-31)10(3)17(22(39)37-16)36-21-15(26-27-25)19(34-13(6)30)18(33-12(5)29)14(35-21)8-32-11(4)28;1-5-6(2)9(18-19-17)10(23-11(16)12(13,14)15)22-8(5)4-21-7(3)20;1-4-5(2)8-9(16-12-11-14)6(3)7(13)10(17)15-8;;/h9-10,14-22,38-39H,7-8H2,1-6H3;5-6,8-10,16H,4H2,1-3H3;5-10,13,16-17H,4H2,1-3H3;;/t9-,10+,14?,15?,16?,17?,18+,19?,20-,21+,22?;5-,6-,8?,9?,10+;5-,6+,7?,8?,9-,10?;;/m000../s1. The number of nitrogens with zero attached hydrogens (tertiary/aromatic N) is 6. The van der Waals surface area contributed by atoms with Crippen LogP contribution in [0.5, 0.6) is 0 Å². The number of thiol groups is 2. The maximum absolute atomic E-state index is 12.0. The molecule has 0 aromatic carbocycles. The number of azide groups is 2. The Balaban J connectivity index is 0.00000129. The van der Waals surface area contributed by atoms with Gasteiger partial charge in [0, 0.05) is 101 Å². The molecule has 0 amide bonds. The van der Waals surface area contributed by atoms with Crippen LogP contribution in [0.15, 0.2) is 10.2 Å². The van der Waals surface area contributed by atoms with E-state index in [0.717, 1.165) is 40.8 Å². The molecule has 0 spiro atoms. The third kappa shape index (κ3) is 25.9. The second-order valence-corrected chi connectivity index (χ2v) is 25.4. The summed E-state index contributed by atoms with van der Waals surface area (Å²) in [6, 6.07) is -2.00. The Labute approximate surface area is 565 Å². The summed E-state index contributed by atoms with van der Waals surface area (Å²) in [4.78, 5) is 52.1. The van der Waals surface area contributed by atoms with E-state index in [2.05, 4.69) is 73.0 Å². The van der Waals surface area contributed by atoms with Gasteiger partial charge in [0.15, 0.2) is 0 Å². The van der Waals surface area contributed by atoms with Crippen LogP contribution in [0.4, 0.5) is 0 Å². The molecule has 2 radical (unpaired) electrons. The molecule has 4 saturated heterocycles. The topological polar surface area (TPSA) is 336 Å². The normalized spacial score (nSPS) is 34.2. The van der Waals surface area contributed by atoms with Gasteiger partial charge in [0.1, 0.15) is 12.6 Å². The van der Waals surface area contributed by atoms with Crippen molar-refractivity contribution in [3.63, 3.8) is 0 Å². The first kappa shape index (κ1) is 81.5. The van der Waals surface area contributed by atoms with Crippen molar-refractivity contribution in [3.05, 3.63) is 20.9 Å². The third-order valence-electron chi connectivity index (χ3n) is 14.0. The van der Waals surface area contributed by atoms with Crippen LogP contribution in [0.25, 0.3) is 20.9 Å². The molecule has 2 N–H and O–H groups in total. The van der Waals surface area contributed by atoms with Crippen molar-refractivity contribution < 1.29 is 157 Å². The fourth-order valence-corrected chi connectivity index (χ4v) is 12.9. The Kier molecular flexibility index (Phi) is 41.2. The molecule has 4 aliphatic rings. The number of halogens is 3. The first-order valence-electron chi connectivity index (χ1n) is 25.4. The molecule has 4 rings (SSSR count). The molecule has 0 bridgehead atoms. The van der Waals surface area contributed by atoms with E-state index in [-0.39, 0.29) is 150 Å². The van der Waals surface area contributed by atoms with E-state index in [0.29, 0.717) is 14.4 Å². The van der Waals surface area contributed by atoms with Crippen LogP contribution in [-0.2, 0) is 76.0 Å². The Bertz CT molecular complexity index is 2140. The van der Waals surface area contributed by atoms with Gasteiger partial charge in [0.05, 0.1) is 6.10 Å². The van der Waals surface area contributed by atoms with Crippen molar-refractivity contribution in [2.75, 3.05) is 13.2 Å². The first-order valence-corrected chi connectivity index (χ1v) is 29.9. The molecule has 0 aromatic rings. The predicted molar refractivity (Wildman–Crippen MR) is 307 cm³/mol. The SMILES string of the molecule is CC(=O)OCC1O[C@H](OC(=N)C(Cl)(Cl)Cl)C(N=[N+]=[N-])[C@@H](C)[C@@H]1C.CC[C@H](C)C1OC(S)C(O)[C@@H](C)[C@@H]1P[B]B=O.CC[C@H](C)C1OC(S)C(O[C@H]2OC(COC(C)=O)[C@@H](OC(C)=O)C(OC(C)=O)C2N=[N+]=[N-])[C@@H](C)[C@@H]1P[B]B=O.[Ar].[Ar]. The first-order chi connectivity index (χ1) is 37.0. The van der Waals surface area contributed by atoms with Gasteiger partial charge in [-0.3, -0.25) is 19.8 Å². The van der Waals surface area contributed by atoms with Crippen molar-refractivity contribution in [2.45, 2.75) is 195 Å². The summed E-state index contributed by atoms with van der Waals surface area (Å²) in [6.07, 6.45) is -6.13. The minimum absolute atomic E-state index is 0. The van der Waals surface area contributed by atoms with Crippen LogP contribution in [0.2, 0.25) is 0 Å². The molecule has 0 aliphatic carbocycles. The number of hydrogen-bond donors (Lipinski definition) is 4. The molecule has 24 atom stereocenters. The second kappa shape index (κ2) is 41.0. The molecular weight excluding hydrogens is 1250 g/mol. The average molecular weight is 1330 g/mol. The van der Waals surface area contributed by atoms with E-state index in [1.807, 2.05) is 27.7 Å². The summed E-state index contributed by atoms with van der Waals surface area (Å²) in [5, 5.41) is 25.0. The number of alkyl halides is 3. The van der Waals surface area contributed by atoms with Gasteiger partial charge in [-0.05, 0) is 17.4 Å². The summed E-state index contributed by atoms with van der Waals surface area (Å²) in [7, 11) is 2.14. The molecule has 0 aromatic heterocycles. The number of aliphatic hydroxyl groups excluding tert-OH is 1. The zero-order valence-corrected chi connectivity index (χ0v) is 54.2. The fraction of sp³-hybridized carbons (Fsp3) is 0.886. The molecule has 456 valence electrons. The summed E-state index contributed by atoms with van der Waals surface area (Å²) in [6.45, 7) is 23.7. The minimum Gasteiger partial charge on any atom is 0 e. The third-order valence-corrected chi connectivity index (χ3v) is 18.5. The maximum atomic E-state index is 12.0. The Morgan fingerprint density at radius 3 is 1.56 bits per heavy atom. The van der Waals surface area contributed by atoms with Gasteiger partial charge >= 0.3 is 331 Å². The largest absolute Gasteiger partial charge is 0 e. The van der Waals surface area contributed by atoms with Gasteiger partial charge in [0.25, 0.3) is 3.79 Å². The van der Waals surface area contributed by atoms with E-state index < -0.39 is 106 Å².